The van der Waals surface area contributed by atoms with Gasteiger partial charge >= 0.3 is 0 Å². The molecule has 0 radical (unpaired) electrons. The minimum atomic E-state index is -0.229. The molecule has 0 aliphatic carbocycles. The lowest BCUT2D eigenvalue weighted by molar-refractivity contribution is 0.0946. The Morgan fingerprint density at radius 1 is 1.03 bits per heavy atom. The minimum absolute atomic E-state index is 0.147. The molecular formula is C25H21N5O2. The molecule has 3 aromatic carbocycles. The third-order valence-corrected chi connectivity index (χ3v) is 5.32. The highest BCUT2D eigenvalue weighted by Gasteiger charge is 2.13. The van der Waals surface area contributed by atoms with Crippen molar-refractivity contribution in [1.29, 1.82) is 0 Å². The van der Waals surface area contributed by atoms with Gasteiger partial charge in [0.25, 0.3) is 5.91 Å². The Morgan fingerprint density at radius 3 is 2.69 bits per heavy atom. The summed E-state index contributed by atoms with van der Waals surface area (Å²) in [6, 6.07) is 21.3. The Labute approximate surface area is 184 Å². The second-order valence-corrected chi connectivity index (χ2v) is 7.67. The van der Waals surface area contributed by atoms with Crippen LogP contribution in [0.4, 0.5) is 0 Å². The Hall–Kier alpha value is -4.26. The van der Waals surface area contributed by atoms with Gasteiger partial charge in [-0.3, -0.25) is 9.36 Å². The molecule has 0 unspecified atom stereocenters. The van der Waals surface area contributed by atoms with Gasteiger partial charge in [0.15, 0.2) is 0 Å². The highest BCUT2D eigenvalue weighted by molar-refractivity contribution is 5.97. The number of hydrogen-bond acceptors (Lipinski definition) is 5. The van der Waals surface area contributed by atoms with Crippen molar-refractivity contribution in [3.05, 3.63) is 95.6 Å². The molecule has 0 fully saturated rings. The standard InChI is InChI=1S/C25H21N5O2/c1-16-8-10-21(17(2)12-16)30-15-27-20-13-19(9-11-22(20)30)25(31)26-14-23-28-24(29-32-23)18-6-4-3-5-7-18/h3-13,15H,14H2,1-2H3,(H,26,31). The highest BCUT2D eigenvalue weighted by atomic mass is 16.5. The van der Waals surface area contributed by atoms with E-state index >= 15 is 0 Å². The summed E-state index contributed by atoms with van der Waals surface area (Å²) in [6.45, 7) is 4.30. The molecule has 7 nitrogen and oxygen atoms in total. The normalized spacial score (nSPS) is 11.1. The third-order valence-electron chi connectivity index (χ3n) is 5.32. The molecule has 0 saturated carbocycles. The van der Waals surface area contributed by atoms with Gasteiger partial charge < -0.3 is 9.84 Å². The fourth-order valence-electron chi connectivity index (χ4n) is 3.71. The van der Waals surface area contributed by atoms with E-state index in [0.29, 0.717) is 17.3 Å². The summed E-state index contributed by atoms with van der Waals surface area (Å²) in [6.07, 6.45) is 1.79. The quantitative estimate of drug-likeness (QED) is 0.446. The van der Waals surface area contributed by atoms with Crippen molar-refractivity contribution in [1.82, 2.24) is 25.0 Å². The molecule has 0 saturated heterocycles. The maximum Gasteiger partial charge on any atom is 0.251 e. The van der Waals surface area contributed by atoms with Crippen LogP contribution in [-0.4, -0.2) is 25.6 Å². The molecule has 1 N–H and O–H groups in total. The number of amides is 1. The Bertz CT molecular complexity index is 1420. The average Bonchev–Trinajstić information content (AvgIpc) is 3.45. The lowest BCUT2D eigenvalue weighted by atomic mass is 10.1. The number of rotatable bonds is 5. The van der Waals surface area contributed by atoms with Crippen LogP contribution in [0.2, 0.25) is 0 Å². The Morgan fingerprint density at radius 2 is 1.88 bits per heavy atom. The van der Waals surface area contributed by atoms with Crippen molar-refractivity contribution in [3.8, 4) is 17.1 Å². The van der Waals surface area contributed by atoms with Crippen molar-refractivity contribution in [2.24, 2.45) is 0 Å². The van der Waals surface area contributed by atoms with E-state index in [1.807, 2.05) is 41.0 Å². The molecule has 1 amide bonds. The maximum absolute atomic E-state index is 12.7. The first-order valence-corrected chi connectivity index (χ1v) is 10.3. The van der Waals surface area contributed by atoms with Crippen LogP contribution in [0.1, 0.15) is 27.4 Å². The third kappa shape index (κ3) is 3.76. The van der Waals surface area contributed by atoms with Gasteiger partial charge in [-0.1, -0.05) is 53.2 Å². The number of hydrogen-bond donors (Lipinski definition) is 1. The van der Waals surface area contributed by atoms with Crippen LogP contribution < -0.4 is 5.32 Å². The Balaban J connectivity index is 1.32. The van der Waals surface area contributed by atoms with Crippen LogP contribution in [-0.2, 0) is 6.54 Å². The number of imidazole rings is 1. The van der Waals surface area contributed by atoms with E-state index < -0.39 is 0 Å². The fourth-order valence-corrected chi connectivity index (χ4v) is 3.71. The van der Waals surface area contributed by atoms with Gasteiger partial charge in [0.1, 0.15) is 6.33 Å². The van der Waals surface area contributed by atoms with Crippen LogP contribution in [0.5, 0.6) is 0 Å². The van der Waals surface area contributed by atoms with Gasteiger partial charge in [-0.2, -0.15) is 4.98 Å². The maximum atomic E-state index is 12.7. The van der Waals surface area contributed by atoms with Crippen LogP contribution in [0.25, 0.3) is 28.1 Å². The summed E-state index contributed by atoms with van der Waals surface area (Å²) in [4.78, 5) is 21.5. The van der Waals surface area contributed by atoms with Crippen LogP contribution in [0.3, 0.4) is 0 Å². The number of nitrogens with zero attached hydrogens (tertiary/aromatic N) is 4. The van der Waals surface area contributed by atoms with E-state index in [4.69, 9.17) is 4.52 Å². The van der Waals surface area contributed by atoms with Gasteiger partial charge in [0.2, 0.25) is 11.7 Å². The van der Waals surface area contributed by atoms with Crippen molar-refractivity contribution in [3.63, 3.8) is 0 Å². The summed E-state index contributed by atoms with van der Waals surface area (Å²) < 4.78 is 7.29. The van der Waals surface area contributed by atoms with E-state index in [9.17, 15) is 4.79 Å². The SMILES string of the molecule is Cc1ccc(-n2cnc3cc(C(=O)NCc4nc(-c5ccccc5)no4)ccc32)c(C)c1. The molecule has 158 valence electrons. The average molecular weight is 423 g/mol. The molecule has 0 aliphatic heterocycles. The summed E-state index contributed by atoms with van der Waals surface area (Å²) in [5, 5.41) is 6.80. The van der Waals surface area contributed by atoms with Crippen LogP contribution >= 0.6 is 0 Å². The number of aryl methyl sites for hydroxylation is 2. The summed E-state index contributed by atoms with van der Waals surface area (Å²) >= 11 is 0. The zero-order valence-corrected chi connectivity index (χ0v) is 17.7. The first kappa shape index (κ1) is 19.7. The fraction of sp³-hybridized carbons (Fsp3) is 0.120. The molecule has 5 aromatic rings. The predicted octanol–water partition coefficient (Wildman–Crippen LogP) is 4.62. The Kier molecular flexibility index (Phi) is 4.99. The van der Waals surface area contributed by atoms with Gasteiger partial charge in [-0.05, 0) is 43.7 Å². The molecule has 2 aromatic heterocycles. The zero-order chi connectivity index (χ0) is 22.1. The van der Waals surface area contributed by atoms with E-state index in [0.717, 1.165) is 22.3 Å². The van der Waals surface area contributed by atoms with E-state index in [1.54, 1.807) is 18.5 Å². The first-order valence-electron chi connectivity index (χ1n) is 10.3. The van der Waals surface area contributed by atoms with Crippen molar-refractivity contribution >= 4 is 16.9 Å². The van der Waals surface area contributed by atoms with Crippen molar-refractivity contribution in [2.75, 3.05) is 0 Å². The number of nitrogens with one attached hydrogen (secondary N) is 1. The summed E-state index contributed by atoms with van der Waals surface area (Å²) in [7, 11) is 0. The largest absolute Gasteiger partial charge is 0.343 e. The molecule has 0 spiro atoms. The second kappa shape index (κ2) is 8.11. The molecule has 32 heavy (non-hydrogen) atoms. The molecule has 5 rings (SSSR count). The monoisotopic (exact) mass is 423 g/mol. The first-order chi connectivity index (χ1) is 15.6. The van der Waals surface area contributed by atoms with Gasteiger partial charge in [0.05, 0.1) is 23.3 Å². The smallest absolute Gasteiger partial charge is 0.251 e. The summed E-state index contributed by atoms with van der Waals surface area (Å²) in [5.41, 5.74) is 6.53. The van der Waals surface area contributed by atoms with Crippen LogP contribution in [0, 0.1) is 13.8 Å². The van der Waals surface area contributed by atoms with Crippen molar-refractivity contribution in [2.45, 2.75) is 20.4 Å². The molecular weight excluding hydrogens is 402 g/mol. The zero-order valence-electron chi connectivity index (χ0n) is 17.7. The second-order valence-electron chi connectivity index (χ2n) is 7.67. The van der Waals surface area contributed by atoms with E-state index in [-0.39, 0.29) is 12.5 Å². The minimum Gasteiger partial charge on any atom is -0.343 e. The lowest BCUT2D eigenvalue weighted by Crippen LogP contribution is -2.22. The summed E-state index contributed by atoms with van der Waals surface area (Å²) in [5.74, 6) is 0.609. The molecule has 0 atom stereocenters. The van der Waals surface area contributed by atoms with Crippen molar-refractivity contribution < 1.29 is 9.32 Å². The van der Waals surface area contributed by atoms with Gasteiger partial charge in [0, 0.05) is 11.1 Å². The number of fused-ring (bicyclic) bond motifs is 1. The topological polar surface area (TPSA) is 85.8 Å². The van der Waals surface area contributed by atoms with Gasteiger partial charge in [-0.15, -0.1) is 0 Å². The highest BCUT2D eigenvalue weighted by Crippen LogP contribution is 2.23. The van der Waals surface area contributed by atoms with Gasteiger partial charge in [-0.25, -0.2) is 4.98 Å². The molecule has 7 heteroatoms. The van der Waals surface area contributed by atoms with E-state index in [2.05, 4.69) is 52.5 Å². The molecule has 0 aliphatic rings. The number of aromatic nitrogens is 4. The molecule has 0 bridgehead atoms. The lowest BCUT2D eigenvalue weighted by Gasteiger charge is -2.09. The van der Waals surface area contributed by atoms with Crippen LogP contribution in [0.15, 0.2) is 77.6 Å². The number of carbonyl (C=O) groups is 1. The molecule has 2 heterocycles. The van der Waals surface area contributed by atoms with E-state index in [1.165, 1.54) is 11.1 Å². The number of benzene rings is 3. The predicted molar refractivity (Wildman–Crippen MR) is 121 cm³/mol. The number of carbonyl (C=O) groups excluding carboxylic acids is 1.